The van der Waals surface area contributed by atoms with Gasteiger partial charge in [0, 0.05) is 12.2 Å². The van der Waals surface area contributed by atoms with Crippen LogP contribution in [0.25, 0.3) is 0 Å². The average Bonchev–Trinajstić information content (AvgIpc) is 2.45. The van der Waals surface area contributed by atoms with Gasteiger partial charge in [-0.05, 0) is 31.5 Å². The Morgan fingerprint density at radius 3 is 3.17 bits per heavy atom. The highest BCUT2D eigenvalue weighted by atomic mass is 16.5. The van der Waals surface area contributed by atoms with Crippen LogP contribution < -0.4 is 10.1 Å². The zero-order valence-electron chi connectivity index (χ0n) is 10.5. The Morgan fingerprint density at radius 2 is 2.44 bits per heavy atom. The lowest BCUT2D eigenvalue weighted by molar-refractivity contribution is 0.0594. The largest absolute Gasteiger partial charge is 0.475 e. The summed E-state index contributed by atoms with van der Waals surface area (Å²) in [7, 11) is 1.35. The fraction of sp³-hybridized carbons (Fsp3) is 0.538. The summed E-state index contributed by atoms with van der Waals surface area (Å²) >= 11 is 0. The third kappa shape index (κ3) is 3.20. The van der Waals surface area contributed by atoms with Crippen LogP contribution >= 0.6 is 0 Å². The van der Waals surface area contributed by atoms with E-state index in [2.05, 4.69) is 10.3 Å². The molecule has 0 saturated carbocycles. The lowest BCUT2D eigenvalue weighted by Gasteiger charge is -2.23. The summed E-state index contributed by atoms with van der Waals surface area (Å²) in [6.45, 7) is 1.56. The molecule has 1 unspecified atom stereocenters. The van der Waals surface area contributed by atoms with E-state index in [1.54, 1.807) is 18.3 Å². The van der Waals surface area contributed by atoms with Crippen molar-refractivity contribution in [3.63, 3.8) is 0 Å². The first-order valence-corrected chi connectivity index (χ1v) is 6.21. The molecule has 1 aliphatic heterocycles. The van der Waals surface area contributed by atoms with Crippen molar-refractivity contribution in [1.82, 2.24) is 10.3 Å². The lowest BCUT2D eigenvalue weighted by atomic mass is 10.1. The van der Waals surface area contributed by atoms with Crippen molar-refractivity contribution in [2.24, 2.45) is 0 Å². The number of esters is 1. The summed E-state index contributed by atoms with van der Waals surface area (Å²) in [5.41, 5.74) is 0.371. The summed E-state index contributed by atoms with van der Waals surface area (Å²) < 4.78 is 10.3. The minimum absolute atomic E-state index is 0.339. The van der Waals surface area contributed by atoms with E-state index in [0.29, 0.717) is 24.1 Å². The topological polar surface area (TPSA) is 60.5 Å². The fourth-order valence-electron chi connectivity index (χ4n) is 2.02. The third-order valence-corrected chi connectivity index (χ3v) is 3.01. The van der Waals surface area contributed by atoms with E-state index in [1.807, 2.05) is 0 Å². The van der Waals surface area contributed by atoms with Crippen LogP contribution in [0.3, 0.4) is 0 Å². The van der Waals surface area contributed by atoms with E-state index in [0.717, 1.165) is 13.0 Å². The number of hydrogen-bond donors (Lipinski definition) is 1. The quantitative estimate of drug-likeness (QED) is 0.818. The highest BCUT2D eigenvalue weighted by molar-refractivity contribution is 5.91. The molecule has 5 nitrogen and oxygen atoms in total. The van der Waals surface area contributed by atoms with Crippen molar-refractivity contribution in [2.75, 3.05) is 20.3 Å². The van der Waals surface area contributed by atoms with Crippen molar-refractivity contribution in [3.05, 3.63) is 23.9 Å². The molecule has 0 aromatic carbocycles. The van der Waals surface area contributed by atoms with Crippen LogP contribution in [-0.2, 0) is 4.74 Å². The standard InChI is InChI=1S/C13H18N2O3/c1-17-13(16)11-6-4-8-15-12(11)18-9-10-5-2-3-7-14-10/h4,6,8,10,14H,2-3,5,7,9H2,1H3. The predicted octanol–water partition coefficient (Wildman–Crippen LogP) is 1.39. The van der Waals surface area contributed by atoms with Gasteiger partial charge in [0.2, 0.25) is 5.88 Å². The Hall–Kier alpha value is -1.62. The third-order valence-electron chi connectivity index (χ3n) is 3.01. The number of carbonyl (C=O) groups is 1. The summed E-state index contributed by atoms with van der Waals surface area (Å²) in [6.07, 6.45) is 5.14. The Bertz CT molecular complexity index is 403. The second-order valence-electron chi connectivity index (χ2n) is 4.31. The van der Waals surface area contributed by atoms with E-state index in [1.165, 1.54) is 20.0 Å². The van der Waals surface area contributed by atoms with Gasteiger partial charge in [0.25, 0.3) is 0 Å². The highest BCUT2D eigenvalue weighted by Gasteiger charge is 2.17. The average molecular weight is 250 g/mol. The van der Waals surface area contributed by atoms with Crippen LogP contribution in [-0.4, -0.2) is 37.3 Å². The van der Waals surface area contributed by atoms with Gasteiger partial charge < -0.3 is 14.8 Å². The maximum Gasteiger partial charge on any atom is 0.343 e. The van der Waals surface area contributed by atoms with Crippen LogP contribution in [0.5, 0.6) is 5.88 Å². The lowest BCUT2D eigenvalue weighted by Crippen LogP contribution is -2.38. The van der Waals surface area contributed by atoms with E-state index < -0.39 is 5.97 Å². The normalized spacial score (nSPS) is 19.3. The first kappa shape index (κ1) is 12.8. The molecule has 98 valence electrons. The van der Waals surface area contributed by atoms with Gasteiger partial charge in [0.05, 0.1) is 7.11 Å². The molecule has 5 heteroatoms. The molecule has 1 aromatic rings. The maximum absolute atomic E-state index is 11.5. The van der Waals surface area contributed by atoms with Crippen molar-refractivity contribution in [2.45, 2.75) is 25.3 Å². The van der Waals surface area contributed by atoms with Crippen molar-refractivity contribution < 1.29 is 14.3 Å². The number of rotatable bonds is 4. The fourth-order valence-corrected chi connectivity index (χ4v) is 2.02. The predicted molar refractivity (Wildman–Crippen MR) is 66.7 cm³/mol. The van der Waals surface area contributed by atoms with E-state index in [9.17, 15) is 4.79 Å². The van der Waals surface area contributed by atoms with Gasteiger partial charge in [-0.25, -0.2) is 9.78 Å². The minimum Gasteiger partial charge on any atom is -0.475 e. The molecule has 0 spiro atoms. The molecule has 1 aliphatic rings. The molecule has 2 rings (SSSR count). The smallest absolute Gasteiger partial charge is 0.343 e. The SMILES string of the molecule is COC(=O)c1cccnc1OCC1CCCCN1. The summed E-state index contributed by atoms with van der Waals surface area (Å²) in [5.74, 6) is -0.0774. The first-order valence-electron chi connectivity index (χ1n) is 6.21. The van der Waals surface area contributed by atoms with E-state index in [4.69, 9.17) is 9.47 Å². The van der Waals surface area contributed by atoms with Gasteiger partial charge in [0.15, 0.2) is 0 Å². The molecule has 1 fully saturated rings. The number of ether oxygens (including phenoxy) is 2. The number of pyridine rings is 1. The second kappa shape index (κ2) is 6.35. The molecule has 1 N–H and O–H groups in total. The first-order chi connectivity index (χ1) is 8.81. The molecular formula is C13H18N2O3. The molecular weight excluding hydrogens is 232 g/mol. The van der Waals surface area contributed by atoms with Gasteiger partial charge in [-0.15, -0.1) is 0 Å². The van der Waals surface area contributed by atoms with E-state index in [-0.39, 0.29) is 0 Å². The maximum atomic E-state index is 11.5. The zero-order chi connectivity index (χ0) is 12.8. The van der Waals surface area contributed by atoms with Gasteiger partial charge in [-0.3, -0.25) is 0 Å². The minimum atomic E-state index is -0.422. The molecule has 1 atom stereocenters. The molecule has 0 bridgehead atoms. The molecule has 1 aromatic heterocycles. The molecule has 0 radical (unpaired) electrons. The number of carbonyl (C=O) groups excluding carboxylic acids is 1. The summed E-state index contributed by atoms with van der Waals surface area (Å²) in [4.78, 5) is 15.6. The molecule has 2 heterocycles. The number of hydrogen-bond acceptors (Lipinski definition) is 5. The molecule has 1 saturated heterocycles. The van der Waals surface area contributed by atoms with E-state index >= 15 is 0 Å². The Labute approximate surface area is 107 Å². The molecule has 0 aliphatic carbocycles. The summed E-state index contributed by atoms with van der Waals surface area (Å²) in [5, 5.41) is 3.38. The van der Waals surface area contributed by atoms with Gasteiger partial charge in [-0.2, -0.15) is 0 Å². The van der Waals surface area contributed by atoms with Crippen LogP contribution in [0.2, 0.25) is 0 Å². The zero-order valence-corrected chi connectivity index (χ0v) is 10.5. The van der Waals surface area contributed by atoms with Gasteiger partial charge >= 0.3 is 5.97 Å². The summed E-state index contributed by atoms with van der Waals surface area (Å²) in [6, 6.07) is 3.69. The van der Waals surface area contributed by atoms with Crippen molar-refractivity contribution >= 4 is 5.97 Å². The second-order valence-corrected chi connectivity index (χ2v) is 4.31. The van der Waals surface area contributed by atoms with Crippen LogP contribution in [0.1, 0.15) is 29.6 Å². The number of piperidine rings is 1. The Balaban J connectivity index is 1.97. The van der Waals surface area contributed by atoms with Crippen molar-refractivity contribution in [1.29, 1.82) is 0 Å². The number of aromatic nitrogens is 1. The van der Waals surface area contributed by atoms with Crippen LogP contribution in [0.4, 0.5) is 0 Å². The number of nitrogens with one attached hydrogen (secondary N) is 1. The Morgan fingerprint density at radius 1 is 1.56 bits per heavy atom. The number of nitrogens with zero attached hydrogens (tertiary/aromatic N) is 1. The van der Waals surface area contributed by atoms with Crippen LogP contribution in [0, 0.1) is 0 Å². The van der Waals surface area contributed by atoms with Crippen molar-refractivity contribution in [3.8, 4) is 5.88 Å². The van der Waals surface area contributed by atoms with Gasteiger partial charge in [0.1, 0.15) is 12.2 Å². The van der Waals surface area contributed by atoms with Crippen LogP contribution in [0.15, 0.2) is 18.3 Å². The Kier molecular flexibility index (Phi) is 4.52. The van der Waals surface area contributed by atoms with Gasteiger partial charge in [-0.1, -0.05) is 6.42 Å². The monoisotopic (exact) mass is 250 g/mol. The molecule has 0 amide bonds. The molecule has 18 heavy (non-hydrogen) atoms. The highest BCUT2D eigenvalue weighted by Crippen LogP contribution is 2.16. The number of methoxy groups -OCH3 is 1.